The fourth-order valence-corrected chi connectivity index (χ4v) is 3.34. The van der Waals surface area contributed by atoms with Gasteiger partial charge < -0.3 is 5.73 Å². The van der Waals surface area contributed by atoms with Crippen LogP contribution in [-0.2, 0) is 6.54 Å². The lowest BCUT2D eigenvalue weighted by atomic mass is 10.1. The number of thiophene rings is 1. The molecule has 2 N–H and O–H groups in total. The highest BCUT2D eigenvalue weighted by molar-refractivity contribution is 7.10. The molecule has 1 aliphatic heterocycles. The van der Waals surface area contributed by atoms with E-state index < -0.39 is 0 Å². The maximum absolute atomic E-state index is 5.40. The average Bonchev–Trinajstić information content (AvgIpc) is 2.83. The minimum absolute atomic E-state index is 0.292. The molecule has 0 radical (unpaired) electrons. The zero-order valence-electron chi connectivity index (χ0n) is 12.8. The van der Waals surface area contributed by atoms with Crippen LogP contribution in [0.5, 0.6) is 0 Å². The minimum Gasteiger partial charge on any atom is -0.320 e. The summed E-state index contributed by atoms with van der Waals surface area (Å²) < 4.78 is 0. The standard InChI is InChI=1S/C16H25N3S/c1-16(2,3)19-9-7-18(8-10-19)12-15-11-14(13-20-15)5-4-6-17/h11,13H,6-10,12,17H2,1-3H3. The molecule has 0 amide bonds. The van der Waals surface area contributed by atoms with Crippen molar-refractivity contribution in [1.29, 1.82) is 0 Å². The summed E-state index contributed by atoms with van der Waals surface area (Å²) in [6, 6.07) is 2.20. The lowest BCUT2D eigenvalue weighted by molar-refractivity contribution is 0.0595. The van der Waals surface area contributed by atoms with E-state index in [-0.39, 0.29) is 0 Å². The highest BCUT2D eigenvalue weighted by Gasteiger charge is 2.25. The smallest absolute Gasteiger partial charge is 0.0555 e. The summed E-state index contributed by atoms with van der Waals surface area (Å²) in [7, 11) is 0. The Bertz CT molecular complexity index is 482. The molecule has 0 unspecified atom stereocenters. The molecule has 2 heterocycles. The van der Waals surface area contributed by atoms with E-state index in [1.54, 1.807) is 11.3 Å². The Morgan fingerprint density at radius 3 is 2.55 bits per heavy atom. The van der Waals surface area contributed by atoms with E-state index in [1.807, 2.05) is 0 Å². The summed E-state index contributed by atoms with van der Waals surface area (Å²) >= 11 is 1.80. The summed E-state index contributed by atoms with van der Waals surface area (Å²) in [6.45, 7) is 13.0. The Labute approximate surface area is 126 Å². The first-order chi connectivity index (χ1) is 9.49. The molecule has 0 aliphatic carbocycles. The maximum Gasteiger partial charge on any atom is 0.0555 e. The summed E-state index contributed by atoms with van der Waals surface area (Å²) in [5.41, 5.74) is 6.79. The molecule has 1 fully saturated rings. The van der Waals surface area contributed by atoms with Gasteiger partial charge >= 0.3 is 0 Å². The van der Waals surface area contributed by atoms with Crippen LogP contribution in [0.25, 0.3) is 0 Å². The fraction of sp³-hybridized carbons (Fsp3) is 0.625. The van der Waals surface area contributed by atoms with E-state index in [2.05, 4.69) is 53.9 Å². The van der Waals surface area contributed by atoms with E-state index >= 15 is 0 Å². The fourth-order valence-electron chi connectivity index (χ4n) is 2.48. The third kappa shape index (κ3) is 4.32. The molecular weight excluding hydrogens is 266 g/mol. The van der Waals surface area contributed by atoms with E-state index in [0.29, 0.717) is 12.1 Å². The Morgan fingerprint density at radius 2 is 1.95 bits per heavy atom. The van der Waals surface area contributed by atoms with Gasteiger partial charge in [0.1, 0.15) is 0 Å². The van der Waals surface area contributed by atoms with Gasteiger partial charge in [0.25, 0.3) is 0 Å². The predicted octanol–water partition coefficient (Wildman–Crippen LogP) is 1.97. The van der Waals surface area contributed by atoms with Crippen molar-refractivity contribution in [2.45, 2.75) is 32.9 Å². The number of hydrogen-bond donors (Lipinski definition) is 1. The SMILES string of the molecule is CC(C)(C)N1CCN(Cc2cc(C#CCN)cs2)CC1. The quantitative estimate of drug-likeness (QED) is 0.846. The summed E-state index contributed by atoms with van der Waals surface area (Å²) in [6.07, 6.45) is 0. The number of nitrogens with zero attached hydrogens (tertiary/aromatic N) is 2. The number of hydrogen-bond acceptors (Lipinski definition) is 4. The van der Waals surface area contributed by atoms with Crippen LogP contribution in [0, 0.1) is 11.8 Å². The Morgan fingerprint density at radius 1 is 1.25 bits per heavy atom. The predicted molar refractivity (Wildman–Crippen MR) is 86.9 cm³/mol. The van der Waals surface area contributed by atoms with E-state index in [4.69, 9.17) is 5.73 Å². The van der Waals surface area contributed by atoms with Gasteiger partial charge in [-0.05, 0) is 26.8 Å². The summed E-state index contributed by atoms with van der Waals surface area (Å²) in [5, 5.41) is 2.13. The molecule has 0 bridgehead atoms. The van der Waals surface area contributed by atoms with Gasteiger partial charge in [0.05, 0.1) is 6.54 Å². The first-order valence-electron chi connectivity index (χ1n) is 7.23. The molecule has 1 aliphatic rings. The van der Waals surface area contributed by atoms with Gasteiger partial charge in [-0.3, -0.25) is 9.80 Å². The van der Waals surface area contributed by atoms with Gasteiger partial charge in [-0.25, -0.2) is 0 Å². The highest BCUT2D eigenvalue weighted by atomic mass is 32.1. The molecule has 110 valence electrons. The molecule has 20 heavy (non-hydrogen) atoms. The van der Waals surface area contributed by atoms with Gasteiger partial charge in [-0.2, -0.15) is 0 Å². The van der Waals surface area contributed by atoms with Crippen molar-refractivity contribution in [3.8, 4) is 11.8 Å². The number of rotatable bonds is 2. The second-order valence-electron chi connectivity index (χ2n) is 6.24. The van der Waals surface area contributed by atoms with Crippen molar-refractivity contribution >= 4 is 11.3 Å². The van der Waals surface area contributed by atoms with E-state index in [1.165, 1.54) is 4.88 Å². The van der Waals surface area contributed by atoms with Crippen molar-refractivity contribution in [1.82, 2.24) is 9.80 Å². The number of nitrogens with two attached hydrogens (primary N) is 1. The minimum atomic E-state index is 0.292. The normalized spacial score (nSPS) is 17.8. The molecule has 0 spiro atoms. The van der Waals surface area contributed by atoms with Gasteiger partial charge in [0.2, 0.25) is 0 Å². The lowest BCUT2D eigenvalue weighted by Crippen LogP contribution is -2.53. The van der Waals surface area contributed by atoms with Crippen LogP contribution in [0.3, 0.4) is 0 Å². The first-order valence-corrected chi connectivity index (χ1v) is 8.11. The largest absolute Gasteiger partial charge is 0.320 e. The summed E-state index contributed by atoms with van der Waals surface area (Å²) in [5.74, 6) is 6.01. The van der Waals surface area contributed by atoms with Crippen molar-refractivity contribution in [3.63, 3.8) is 0 Å². The van der Waals surface area contributed by atoms with Crippen LogP contribution in [0.4, 0.5) is 0 Å². The molecular formula is C16H25N3S. The maximum atomic E-state index is 5.40. The van der Waals surface area contributed by atoms with Crippen LogP contribution in [-0.4, -0.2) is 48.1 Å². The highest BCUT2D eigenvalue weighted by Crippen LogP contribution is 2.20. The monoisotopic (exact) mass is 291 g/mol. The third-order valence-electron chi connectivity index (χ3n) is 3.69. The zero-order chi connectivity index (χ0) is 14.6. The first kappa shape index (κ1) is 15.5. The van der Waals surface area contributed by atoms with Gasteiger partial charge in [-0.15, -0.1) is 11.3 Å². The lowest BCUT2D eigenvalue weighted by Gasteiger charge is -2.42. The molecule has 0 atom stereocenters. The van der Waals surface area contributed by atoms with Crippen molar-refractivity contribution in [2.24, 2.45) is 5.73 Å². The molecule has 1 saturated heterocycles. The third-order valence-corrected chi connectivity index (χ3v) is 4.61. The van der Waals surface area contributed by atoms with Crippen LogP contribution < -0.4 is 5.73 Å². The van der Waals surface area contributed by atoms with Crippen molar-refractivity contribution in [3.05, 3.63) is 21.9 Å². The molecule has 3 nitrogen and oxygen atoms in total. The molecule has 1 aromatic rings. The Kier molecular flexibility index (Phi) is 5.22. The van der Waals surface area contributed by atoms with Crippen LogP contribution >= 0.6 is 11.3 Å². The van der Waals surface area contributed by atoms with E-state index in [0.717, 1.165) is 38.3 Å². The zero-order valence-corrected chi connectivity index (χ0v) is 13.6. The molecule has 4 heteroatoms. The Balaban J connectivity index is 1.85. The number of piperazine rings is 1. The molecule has 2 rings (SSSR count). The van der Waals surface area contributed by atoms with Crippen LogP contribution in [0.1, 0.15) is 31.2 Å². The average molecular weight is 291 g/mol. The molecule has 1 aromatic heterocycles. The van der Waals surface area contributed by atoms with Crippen LogP contribution in [0.15, 0.2) is 11.4 Å². The Hall–Kier alpha value is -0.860. The van der Waals surface area contributed by atoms with Gasteiger partial charge in [0.15, 0.2) is 0 Å². The molecule has 0 aromatic carbocycles. The van der Waals surface area contributed by atoms with Crippen molar-refractivity contribution in [2.75, 3.05) is 32.7 Å². The second-order valence-corrected chi connectivity index (χ2v) is 7.24. The van der Waals surface area contributed by atoms with Gasteiger partial charge in [-0.1, -0.05) is 11.8 Å². The topological polar surface area (TPSA) is 32.5 Å². The second kappa shape index (κ2) is 6.73. The van der Waals surface area contributed by atoms with Crippen LogP contribution in [0.2, 0.25) is 0 Å². The molecule has 0 saturated carbocycles. The van der Waals surface area contributed by atoms with E-state index in [9.17, 15) is 0 Å². The summed E-state index contributed by atoms with van der Waals surface area (Å²) in [4.78, 5) is 6.50. The van der Waals surface area contributed by atoms with Gasteiger partial charge in [0, 0.05) is 54.1 Å². The van der Waals surface area contributed by atoms with Crippen molar-refractivity contribution < 1.29 is 0 Å².